The van der Waals surface area contributed by atoms with Crippen molar-refractivity contribution in [2.45, 2.75) is 32.6 Å². The summed E-state index contributed by atoms with van der Waals surface area (Å²) < 4.78 is 11.4. The Kier molecular flexibility index (Phi) is 3.83. The predicted molar refractivity (Wildman–Crippen MR) is 89.3 cm³/mol. The fraction of sp³-hybridized carbons (Fsp3) is 0.556. The molecule has 2 aromatic heterocycles. The van der Waals surface area contributed by atoms with E-state index in [4.69, 9.17) is 9.15 Å². The zero-order valence-corrected chi connectivity index (χ0v) is 14.8. The van der Waals surface area contributed by atoms with Gasteiger partial charge in [-0.25, -0.2) is 0 Å². The number of likely N-dealkylation sites (tertiary alicyclic amines) is 1. The Labute approximate surface area is 146 Å². The van der Waals surface area contributed by atoms with Gasteiger partial charge in [0.1, 0.15) is 0 Å². The highest BCUT2D eigenvalue weighted by Gasteiger charge is 2.56. The Bertz CT molecular complexity index is 818. The second-order valence-corrected chi connectivity index (χ2v) is 6.97. The summed E-state index contributed by atoms with van der Waals surface area (Å²) in [7, 11) is 0. The van der Waals surface area contributed by atoms with E-state index in [1.54, 1.807) is 6.92 Å². The molecule has 4 rings (SSSR count). The molecule has 2 aliphatic heterocycles. The van der Waals surface area contributed by atoms with Crippen LogP contribution in [0.15, 0.2) is 16.5 Å². The van der Waals surface area contributed by atoms with E-state index in [2.05, 4.69) is 22.1 Å². The minimum atomic E-state index is -0.387. The van der Waals surface area contributed by atoms with Gasteiger partial charge in [0.25, 0.3) is 5.91 Å². The van der Waals surface area contributed by atoms with E-state index in [1.165, 1.54) is 0 Å². The summed E-state index contributed by atoms with van der Waals surface area (Å²) in [6.07, 6.45) is 0.859. The monoisotopic (exact) mass is 342 g/mol. The number of aromatic nitrogens is 3. The quantitative estimate of drug-likeness (QED) is 0.844. The van der Waals surface area contributed by atoms with Gasteiger partial charge in [0, 0.05) is 31.6 Å². The number of hydrogen-bond donors (Lipinski definition) is 0. The number of amides is 1. The maximum atomic E-state index is 13.1. The first-order valence-electron chi connectivity index (χ1n) is 8.67. The van der Waals surface area contributed by atoms with E-state index in [0.29, 0.717) is 43.6 Å². The molecular weight excluding hydrogens is 320 g/mol. The lowest BCUT2D eigenvalue weighted by molar-refractivity contribution is 0.0737. The first-order chi connectivity index (χ1) is 12.0. The number of ether oxygens (including phenoxy) is 1. The molecule has 0 aliphatic carbocycles. The second-order valence-electron chi connectivity index (χ2n) is 6.97. The highest BCUT2D eigenvalue weighted by atomic mass is 16.5. The summed E-state index contributed by atoms with van der Waals surface area (Å²) in [6, 6.07) is 3.81. The lowest BCUT2D eigenvalue weighted by atomic mass is 9.81. The first kappa shape index (κ1) is 16.2. The van der Waals surface area contributed by atoms with Gasteiger partial charge in [-0.15, -0.1) is 10.2 Å². The lowest BCUT2D eigenvalue weighted by Crippen LogP contribution is -2.37. The van der Waals surface area contributed by atoms with Crippen LogP contribution in [-0.4, -0.2) is 52.3 Å². The molecule has 0 spiro atoms. The van der Waals surface area contributed by atoms with Crippen LogP contribution >= 0.6 is 0 Å². The maximum Gasteiger partial charge on any atom is 0.255 e. The molecule has 2 aliphatic rings. The molecule has 0 aromatic carbocycles. The molecule has 2 fully saturated rings. The Morgan fingerprint density at radius 2 is 2.20 bits per heavy atom. The van der Waals surface area contributed by atoms with Crippen LogP contribution in [0.1, 0.15) is 40.5 Å². The molecule has 2 saturated heterocycles. The van der Waals surface area contributed by atoms with Crippen LogP contribution in [0.25, 0.3) is 0 Å². The van der Waals surface area contributed by atoms with Crippen molar-refractivity contribution in [1.29, 1.82) is 0 Å². The molecule has 1 amide bonds. The SMILES string of the molecule is CCc1ccc(C(=O)N2C[C@H]3COC[C@@]3(c3nnc(C)o3)C2)c(C)n1. The molecule has 132 valence electrons. The fourth-order valence-electron chi connectivity index (χ4n) is 3.90. The van der Waals surface area contributed by atoms with Crippen LogP contribution in [0.3, 0.4) is 0 Å². The molecule has 0 unspecified atom stereocenters. The minimum absolute atomic E-state index is 0.0117. The van der Waals surface area contributed by atoms with Gasteiger partial charge in [-0.3, -0.25) is 9.78 Å². The summed E-state index contributed by atoms with van der Waals surface area (Å²) >= 11 is 0. The number of pyridine rings is 1. The van der Waals surface area contributed by atoms with Crippen molar-refractivity contribution in [3.8, 4) is 0 Å². The topological polar surface area (TPSA) is 81.4 Å². The van der Waals surface area contributed by atoms with Crippen LogP contribution in [0.4, 0.5) is 0 Å². The molecule has 2 aromatic rings. The lowest BCUT2D eigenvalue weighted by Gasteiger charge is -2.23. The zero-order valence-electron chi connectivity index (χ0n) is 14.8. The Morgan fingerprint density at radius 1 is 1.36 bits per heavy atom. The Morgan fingerprint density at radius 3 is 2.88 bits per heavy atom. The van der Waals surface area contributed by atoms with Crippen LogP contribution in [0.2, 0.25) is 0 Å². The van der Waals surface area contributed by atoms with Crippen LogP contribution in [0.5, 0.6) is 0 Å². The van der Waals surface area contributed by atoms with Gasteiger partial charge < -0.3 is 14.1 Å². The maximum absolute atomic E-state index is 13.1. The average Bonchev–Trinajstić information content (AvgIpc) is 3.27. The number of rotatable bonds is 3. The van der Waals surface area contributed by atoms with E-state index in [0.717, 1.165) is 17.8 Å². The summed E-state index contributed by atoms with van der Waals surface area (Å²) in [5.74, 6) is 1.31. The van der Waals surface area contributed by atoms with E-state index in [9.17, 15) is 4.79 Å². The van der Waals surface area contributed by atoms with Crippen molar-refractivity contribution in [2.24, 2.45) is 5.92 Å². The first-order valence-corrected chi connectivity index (χ1v) is 8.67. The summed E-state index contributed by atoms with van der Waals surface area (Å²) in [6.45, 7) is 8.01. The van der Waals surface area contributed by atoms with E-state index in [1.807, 2.05) is 24.0 Å². The van der Waals surface area contributed by atoms with Gasteiger partial charge in [-0.2, -0.15) is 0 Å². The number of fused-ring (bicyclic) bond motifs is 1. The molecular formula is C18H22N4O3. The zero-order chi connectivity index (χ0) is 17.6. The molecule has 25 heavy (non-hydrogen) atoms. The molecule has 2 atom stereocenters. The average molecular weight is 342 g/mol. The van der Waals surface area contributed by atoms with Crippen molar-refractivity contribution < 1.29 is 13.9 Å². The van der Waals surface area contributed by atoms with Crippen LogP contribution < -0.4 is 0 Å². The second kappa shape index (κ2) is 5.91. The molecule has 7 heteroatoms. The van der Waals surface area contributed by atoms with Crippen molar-refractivity contribution in [2.75, 3.05) is 26.3 Å². The number of nitrogens with zero attached hydrogens (tertiary/aromatic N) is 4. The normalized spacial score (nSPS) is 25.4. The number of carbonyl (C=O) groups excluding carboxylic acids is 1. The van der Waals surface area contributed by atoms with E-state index in [-0.39, 0.29) is 17.2 Å². The van der Waals surface area contributed by atoms with Gasteiger partial charge in [-0.1, -0.05) is 6.92 Å². The third-order valence-electron chi connectivity index (χ3n) is 5.35. The van der Waals surface area contributed by atoms with Crippen molar-refractivity contribution in [3.05, 3.63) is 40.9 Å². The molecule has 7 nitrogen and oxygen atoms in total. The summed E-state index contributed by atoms with van der Waals surface area (Å²) in [4.78, 5) is 19.5. The summed E-state index contributed by atoms with van der Waals surface area (Å²) in [5, 5.41) is 8.18. The molecule has 0 saturated carbocycles. The third kappa shape index (κ3) is 2.54. The highest BCUT2D eigenvalue weighted by Crippen LogP contribution is 2.43. The Balaban J connectivity index is 1.62. The van der Waals surface area contributed by atoms with Gasteiger partial charge in [0.2, 0.25) is 11.8 Å². The smallest absolute Gasteiger partial charge is 0.255 e. The van der Waals surface area contributed by atoms with Crippen molar-refractivity contribution in [3.63, 3.8) is 0 Å². The van der Waals surface area contributed by atoms with Gasteiger partial charge in [0.05, 0.1) is 29.9 Å². The molecule has 0 N–H and O–H groups in total. The number of carbonyl (C=O) groups is 1. The predicted octanol–water partition coefficient (Wildman–Crippen LogP) is 1.68. The van der Waals surface area contributed by atoms with Gasteiger partial charge >= 0.3 is 0 Å². The largest absolute Gasteiger partial charge is 0.425 e. The number of aryl methyl sites for hydroxylation is 3. The highest BCUT2D eigenvalue weighted by molar-refractivity contribution is 5.95. The molecule has 4 heterocycles. The fourth-order valence-corrected chi connectivity index (χ4v) is 3.90. The van der Waals surface area contributed by atoms with Gasteiger partial charge in [-0.05, 0) is 25.5 Å². The molecule has 0 radical (unpaired) electrons. The third-order valence-corrected chi connectivity index (χ3v) is 5.35. The van der Waals surface area contributed by atoms with E-state index < -0.39 is 0 Å². The standard InChI is InChI=1S/C18H22N4O3/c1-4-14-5-6-15(11(2)19-14)16(23)22-7-13-8-24-10-18(13,9-22)17-21-20-12(3)25-17/h5-6,13H,4,7-10H2,1-3H3/t13-,18-/m0/s1. The Hall–Kier alpha value is -2.28. The number of hydrogen-bond acceptors (Lipinski definition) is 6. The minimum Gasteiger partial charge on any atom is -0.425 e. The van der Waals surface area contributed by atoms with Gasteiger partial charge in [0.15, 0.2) is 0 Å². The van der Waals surface area contributed by atoms with Crippen molar-refractivity contribution >= 4 is 5.91 Å². The van der Waals surface area contributed by atoms with Crippen LogP contribution in [0, 0.1) is 19.8 Å². The van der Waals surface area contributed by atoms with E-state index >= 15 is 0 Å². The summed E-state index contributed by atoms with van der Waals surface area (Å²) in [5.41, 5.74) is 2.05. The molecule has 0 bridgehead atoms. The van der Waals surface area contributed by atoms with Crippen molar-refractivity contribution in [1.82, 2.24) is 20.1 Å². The van der Waals surface area contributed by atoms with Crippen LogP contribution in [-0.2, 0) is 16.6 Å².